The highest BCUT2D eigenvalue weighted by Crippen LogP contribution is 2.21. The van der Waals surface area contributed by atoms with E-state index in [0.717, 1.165) is 19.0 Å². The molecule has 1 aliphatic heterocycles. The summed E-state index contributed by atoms with van der Waals surface area (Å²) in [5.74, 6) is 1.49. The molecular formula is C19H30N2O2. The first kappa shape index (κ1) is 17.8. The van der Waals surface area contributed by atoms with Gasteiger partial charge in [-0.1, -0.05) is 39.0 Å². The van der Waals surface area contributed by atoms with Gasteiger partial charge in [-0.15, -0.1) is 0 Å². The average molecular weight is 318 g/mol. The zero-order valence-electron chi connectivity index (χ0n) is 14.6. The smallest absolute Gasteiger partial charge is 0.224 e. The zero-order chi connectivity index (χ0) is 16.8. The van der Waals surface area contributed by atoms with Gasteiger partial charge < -0.3 is 10.4 Å². The highest BCUT2D eigenvalue weighted by Gasteiger charge is 2.25. The number of likely N-dealkylation sites (tertiary alicyclic amines) is 1. The van der Waals surface area contributed by atoms with Crippen molar-refractivity contribution in [2.75, 3.05) is 19.6 Å². The quantitative estimate of drug-likeness (QED) is 0.848. The Morgan fingerprint density at radius 3 is 2.57 bits per heavy atom. The molecule has 1 saturated heterocycles. The van der Waals surface area contributed by atoms with Gasteiger partial charge in [0, 0.05) is 18.2 Å². The lowest BCUT2D eigenvalue weighted by Gasteiger charge is -2.38. The highest BCUT2D eigenvalue weighted by atomic mass is 16.3. The van der Waals surface area contributed by atoms with Crippen LogP contribution in [0.4, 0.5) is 0 Å². The summed E-state index contributed by atoms with van der Waals surface area (Å²) in [4.78, 5) is 14.7. The molecule has 0 aliphatic carbocycles. The Morgan fingerprint density at radius 2 is 1.96 bits per heavy atom. The molecule has 128 valence electrons. The Kier molecular flexibility index (Phi) is 6.46. The topological polar surface area (TPSA) is 52.6 Å². The molecule has 1 atom stereocenters. The summed E-state index contributed by atoms with van der Waals surface area (Å²) in [6.07, 6.45) is 2.72. The average Bonchev–Trinajstić information content (AvgIpc) is 2.51. The lowest BCUT2D eigenvalue weighted by Crippen LogP contribution is -2.49. The molecule has 1 fully saturated rings. The fourth-order valence-electron chi connectivity index (χ4n) is 3.26. The molecule has 2 rings (SSSR count). The van der Waals surface area contributed by atoms with Crippen LogP contribution in [-0.4, -0.2) is 41.6 Å². The van der Waals surface area contributed by atoms with Gasteiger partial charge in [-0.3, -0.25) is 9.69 Å². The number of rotatable bonds is 6. The van der Waals surface area contributed by atoms with Crippen LogP contribution in [0.1, 0.15) is 39.2 Å². The number of carbonyl (C=O) groups excluding carboxylic acids is 1. The van der Waals surface area contributed by atoms with Crippen molar-refractivity contribution in [2.45, 2.75) is 46.1 Å². The van der Waals surface area contributed by atoms with Crippen LogP contribution >= 0.6 is 0 Å². The van der Waals surface area contributed by atoms with Gasteiger partial charge >= 0.3 is 0 Å². The van der Waals surface area contributed by atoms with E-state index in [-0.39, 0.29) is 18.1 Å². The van der Waals surface area contributed by atoms with E-state index in [1.165, 1.54) is 12.8 Å². The first-order chi connectivity index (χ1) is 11.0. The third kappa shape index (κ3) is 5.24. The Balaban J connectivity index is 1.86. The fourth-order valence-corrected chi connectivity index (χ4v) is 3.26. The van der Waals surface area contributed by atoms with Crippen LogP contribution in [-0.2, 0) is 11.2 Å². The minimum absolute atomic E-state index is 0.0254. The maximum atomic E-state index is 12.2. The lowest BCUT2D eigenvalue weighted by atomic mass is 9.94. The molecule has 0 aromatic heterocycles. The molecule has 4 heteroatoms. The molecule has 0 radical (unpaired) electrons. The predicted octanol–water partition coefficient (Wildman–Crippen LogP) is 2.81. The molecule has 1 aliphatic rings. The number of para-hydroxylation sites is 1. The molecule has 1 heterocycles. The minimum atomic E-state index is -0.0254. The van der Waals surface area contributed by atoms with Gasteiger partial charge in [0.2, 0.25) is 5.91 Å². The van der Waals surface area contributed by atoms with Crippen molar-refractivity contribution in [2.24, 2.45) is 11.8 Å². The molecule has 4 nitrogen and oxygen atoms in total. The second kappa shape index (κ2) is 8.34. The molecule has 1 unspecified atom stereocenters. The molecule has 0 saturated carbocycles. The van der Waals surface area contributed by atoms with Gasteiger partial charge in [0.1, 0.15) is 5.75 Å². The van der Waals surface area contributed by atoms with Gasteiger partial charge in [0.15, 0.2) is 0 Å². The first-order valence-corrected chi connectivity index (χ1v) is 8.75. The Morgan fingerprint density at radius 1 is 1.30 bits per heavy atom. The van der Waals surface area contributed by atoms with Gasteiger partial charge in [0.25, 0.3) is 0 Å². The van der Waals surface area contributed by atoms with E-state index >= 15 is 0 Å². The third-order valence-corrected chi connectivity index (χ3v) is 4.91. The van der Waals surface area contributed by atoms with Crippen molar-refractivity contribution in [3.05, 3.63) is 29.8 Å². The highest BCUT2D eigenvalue weighted by molar-refractivity contribution is 5.79. The van der Waals surface area contributed by atoms with E-state index in [4.69, 9.17) is 0 Å². The van der Waals surface area contributed by atoms with E-state index in [2.05, 4.69) is 31.0 Å². The number of amides is 1. The molecule has 1 aromatic rings. The maximum absolute atomic E-state index is 12.2. The molecule has 0 bridgehead atoms. The minimum Gasteiger partial charge on any atom is -0.508 e. The third-order valence-electron chi connectivity index (χ3n) is 4.91. The summed E-state index contributed by atoms with van der Waals surface area (Å²) in [7, 11) is 0. The second-order valence-corrected chi connectivity index (χ2v) is 7.14. The van der Waals surface area contributed by atoms with E-state index in [9.17, 15) is 9.90 Å². The number of nitrogens with zero attached hydrogens (tertiary/aromatic N) is 1. The SMILES string of the molecule is CC1CCN(C(CNC(=O)Cc2ccccc2O)C(C)C)CC1. The summed E-state index contributed by atoms with van der Waals surface area (Å²) in [6.45, 7) is 9.68. The van der Waals surface area contributed by atoms with Crippen molar-refractivity contribution < 1.29 is 9.90 Å². The van der Waals surface area contributed by atoms with Crippen LogP contribution in [0.3, 0.4) is 0 Å². The van der Waals surface area contributed by atoms with Crippen LogP contribution in [0.2, 0.25) is 0 Å². The van der Waals surface area contributed by atoms with Gasteiger partial charge in [-0.25, -0.2) is 0 Å². The lowest BCUT2D eigenvalue weighted by molar-refractivity contribution is -0.120. The molecule has 1 aromatic carbocycles. The number of nitrogens with one attached hydrogen (secondary N) is 1. The summed E-state index contributed by atoms with van der Waals surface area (Å²) in [6, 6.07) is 7.41. The van der Waals surface area contributed by atoms with Crippen LogP contribution in [0, 0.1) is 11.8 Å². The van der Waals surface area contributed by atoms with Crippen LogP contribution in [0.5, 0.6) is 5.75 Å². The van der Waals surface area contributed by atoms with E-state index < -0.39 is 0 Å². The Hall–Kier alpha value is -1.55. The number of benzene rings is 1. The van der Waals surface area contributed by atoms with Crippen molar-refractivity contribution in [3.63, 3.8) is 0 Å². The molecule has 0 spiro atoms. The molecule has 23 heavy (non-hydrogen) atoms. The summed E-state index contributed by atoms with van der Waals surface area (Å²) in [5.41, 5.74) is 0.679. The van der Waals surface area contributed by atoms with Crippen molar-refractivity contribution >= 4 is 5.91 Å². The molecule has 2 N–H and O–H groups in total. The Labute approximate surface area is 139 Å². The van der Waals surface area contributed by atoms with E-state index in [1.54, 1.807) is 18.2 Å². The van der Waals surface area contributed by atoms with Crippen LogP contribution < -0.4 is 5.32 Å². The normalized spacial score (nSPS) is 18.1. The maximum Gasteiger partial charge on any atom is 0.224 e. The van der Waals surface area contributed by atoms with Gasteiger partial charge in [0.05, 0.1) is 6.42 Å². The van der Waals surface area contributed by atoms with E-state index in [0.29, 0.717) is 24.1 Å². The Bertz CT molecular complexity index is 508. The summed E-state index contributed by atoms with van der Waals surface area (Å²) in [5, 5.41) is 12.8. The van der Waals surface area contributed by atoms with Crippen molar-refractivity contribution in [3.8, 4) is 5.75 Å². The first-order valence-electron chi connectivity index (χ1n) is 8.75. The number of phenols is 1. The fraction of sp³-hybridized carbons (Fsp3) is 0.632. The van der Waals surface area contributed by atoms with Gasteiger partial charge in [-0.05, 0) is 43.8 Å². The van der Waals surface area contributed by atoms with E-state index in [1.807, 2.05) is 6.07 Å². The van der Waals surface area contributed by atoms with Gasteiger partial charge in [-0.2, -0.15) is 0 Å². The van der Waals surface area contributed by atoms with Crippen molar-refractivity contribution in [1.82, 2.24) is 10.2 Å². The molecular weight excluding hydrogens is 288 g/mol. The second-order valence-electron chi connectivity index (χ2n) is 7.14. The van der Waals surface area contributed by atoms with Crippen LogP contribution in [0.25, 0.3) is 0 Å². The molecule has 1 amide bonds. The van der Waals surface area contributed by atoms with Crippen LogP contribution in [0.15, 0.2) is 24.3 Å². The number of hydrogen-bond acceptors (Lipinski definition) is 3. The number of aromatic hydroxyl groups is 1. The number of carbonyl (C=O) groups is 1. The van der Waals surface area contributed by atoms with Crippen molar-refractivity contribution in [1.29, 1.82) is 0 Å². The summed E-state index contributed by atoms with van der Waals surface area (Å²) >= 11 is 0. The summed E-state index contributed by atoms with van der Waals surface area (Å²) < 4.78 is 0. The zero-order valence-corrected chi connectivity index (χ0v) is 14.6. The monoisotopic (exact) mass is 318 g/mol. The standard InChI is InChI=1S/C19H30N2O2/c1-14(2)17(21-10-8-15(3)9-11-21)13-20-19(23)12-16-6-4-5-7-18(16)22/h4-7,14-15,17,22H,8-13H2,1-3H3,(H,20,23). The number of phenolic OH excluding ortho intramolecular Hbond substituents is 1. The number of piperidine rings is 1. The predicted molar refractivity (Wildman–Crippen MR) is 93.4 cm³/mol. The largest absolute Gasteiger partial charge is 0.508 e. The number of hydrogen-bond donors (Lipinski definition) is 2.